The van der Waals surface area contributed by atoms with Gasteiger partial charge in [0.25, 0.3) is 0 Å². The highest BCUT2D eigenvalue weighted by atomic mass is 32.2. The average molecular weight is 500 g/mol. The summed E-state index contributed by atoms with van der Waals surface area (Å²) in [6, 6.07) is 11.6. The van der Waals surface area contributed by atoms with Gasteiger partial charge < -0.3 is 13.9 Å². The summed E-state index contributed by atoms with van der Waals surface area (Å²) in [5.41, 5.74) is 2.35. The van der Waals surface area contributed by atoms with Gasteiger partial charge >= 0.3 is 5.97 Å². The van der Waals surface area contributed by atoms with E-state index in [4.69, 9.17) is 13.9 Å². The smallest absolute Gasteiger partial charge is 0.360 e. The van der Waals surface area contributed by atoms with Crippen molar-refractivity contribution in [2.75, 3.05) is 20.0 Å². The average Bonchev–Trinajstić information content (AvgIpc) is 3.47. The van der Waals surface area contributed by atoms with Crippen LogP contribution in [0.25, 0.3) is 11.1 Å². The molecule has 1 aliphatic rings. The molecule has 3 aromatic rings. The number of ether oxygens (including phenoxy) is 2. The summed E-state index contributed by atoms with van der Waals surface area (Å²) in [5.74, 6) is 0.388. The predicted octanol–water partition coefficient (Wildman–Crippen LogP) is 3.50. The number of benzene rings is 1. The van der Waals surface area contributed by atoms with Crippen molar-refractivity contribution in [3.63, 3.8) is 0 Å². The standard InChI is InChI=1S/C25H29N3O6S/c1-4-33-23(29)21-16-34-24(27-21)25(11-10-19(15-25)28-35(3,30)31)14-17-7-5-8-18(13-17)20-9-6-12-26-22(20)32-2/h5-9,12-13,16,19,28H,4,10-11,14-15H2,1-3H3/t19-,25+/m0/s1. The summed E-state index contributed by atoms with van der Waals surface area (Å²) >= 11 is 0. The fraction of sp³-hybridized carbons (Fsp3) is 0.400. The zero-order valence-corrected chi connectivity index (χ0v) is 20.8. The Labute approximate surface area is 204 Å². The monoisotopic (exact) mass is 499 g/mol. The third-order valence-electron chi connectivity index (χ3n) is 6.18. The van der Waals surface area contributed by atoms with Gasteiger partial charge in [-0.25, -0.2) is 27.9 Å². The van der Waals surface area contributed by atoms with Crippen LogP contribution in [-0.2, 0) is 26.6 Å². The Morgan fingerprint density at radius 1 is 1.29 bits per heavy atom. The van der Waals surface area contributed by atoms with Gasteiger partial charge in [-0.2, -0.15) is 0 Å². The summed E-state index contributed by atoms with van der Waals surface area (Å²) in [4.78, 5) is 21.0. The van der Waals surface area contributed by atoms with E-state index in [9.17, 15) is 13.2 Å². The molecule has 0 aliphatic heterocycles. The van der Waals surface area contributed by atoms with E-state index in [0.717, 1.165) is 22.9 Å². The molecule has 0 saturated heterocycles. The van der Waals surface area contributed by atoms with Crippen LogP contribution in [0, 0.1) is 0 Å². The van der Waals surface area contributed by atoms with Crippen molar-refractivity contribution in [3.05, 3.63) is 66.0 Å². The summed E-state index contributed by atoms with van der Waals surface area (Å²) in [6.45, 7) is 1.96. The third-order valence-corrected chi connectivity index (χ3v) is 6.94. The number of carbonyl (C=O) groups excluding carboxylic acids is 1. The number of esters is 1. The van der Waals surface area contributed by atoms with Crippen LogP contribution in [0.4, 0.5) is 0 Å². The first-order valence-electron chi connectivity index (χ1n) is 11.4. The van der Waals surface area contributed by atoms with Crippen molar-refractivity contribution in [2.45, 2.75) is 44.1 Å². The lowest BCUT2D eigenvalue weighted by atomic mass is 9.79. The SMILES string of the molecule is CCOC(=O)c1coc([C@@]2(Cc3cccc(-c4cccnc4OC)c3)CC[C@H](NS(C)(=O)=O)C2)n1. The van der Waals surface area contributed by atoms with Gasteiger partial charge in [0.2, 0.25) is 21.8 Å². The van der Waals surface area contributed by atoms with Crippen molar-refractivity contribution in [2.24, 2.45) is 0 Å². The van der Waals surface area contributed by atoms with Crippen molar-refractivity contribution in [3.8, 4) is 17.0 Å². The summed E-state index contributed by atoms with van der Waals surface area (Å²) in [5, 5.41) is 0. The van der Waals surface area contributed by atoms with Gasteiger partial charge in [-0.05, 0) is 55.9 Å². The maximum Gasteiger partial charge on any atom is 0.360 e. The number of oxazole rings is 1. The fourth-order valence-corrected chi connectivity index (χ4v) is 5.60. The third kappa shape index (κ3) is 5.71. The molecule has 4 rings (SSSR count). The first-order valence-corrected chi connectivity index (χ1v) is 13.3. The zero-order chi connectivity index (χ0) is 25.1. The number of nitrogens with zero attached hydrogens (tertiary/aromatic N) is 2. The molecular formula is C25H29N3O6S. The number of nitrogens with one attached hydrogen (secondary N) is 1. The Bertz CT molecular complexity index is 1310. The van der Waals surface area contributed by atoms with Gasteiger partial charge in [0.1, 0.15) is 6.26 Å². The molecule has 1 aliphatic carbocycles. The molecule has 1 N–H and O–H groups in total. The maximum absolute atomic E-state index is 12.2. The van der Waals surface area contributed by atoms with E-state index in [-0.39, 0.29) is 18.3 Å². The van der Waals surface area contributed by atoms with Gasteiger partial charge in [0.15, 0.2) is 5.69 Å². The van der Waals surface area contributed by atoms with Crippen LogP contribution in [-0.4, -0.2) is 50.4 Å². The second-order valence-corrected chi connectivity index (χ2v) is 10.6. The van der Waals surface area contributed by atoms with Crippen molar-refractivity contribution >= 4 is 16.0 Å². The summed E-state index contributed by atoms with van der Waals surface area (Å²) in [7, 11) is -1.79. The number of rotatable bonds is 9. The molecule has 35 heavy (non-hydrogen) atoms. The molecule has 2 aromatic heterocycles. The maximum atomic E-state index is 12.2. The lowest BCUT2D eigenvalue weighted by Gasteiger charge is -2.26. The highest BCUT2D eigenvalue weighted by molar-refractivity contribution is 7.88. The Hall–Kier alpha value is -3.24. The molecule has 2 heterocycles. The van der Waals surface area contributed by atoms with Gasteiger partial charge in [0, 0.05) is 17.8 Å². The highest BCUT2D eigenvalue weighted by Gasteiger charge is 2.45. The van der Waals surface area contributed by atoms with E-state index in [0.29, 0.717) is 37.5 Å². The first kappa shape index (κ1) is 24.9. The number of pyridine rings is 1. The number of aromatic nitrogens is 2. The molecule has 9 nitrogen and oxygen atoms in total. The molecule has 0 radical (unpaired) electrons. The van der Waals surface area contributed by atoms with E-state index >= 15 is 0 Å². The molecule has 186 valence electrons. The van der Waals surface area contributed by atoms with Crippen molar-refractivity contribution < 1.29 is 27.1 Å². The van der Waals surface area contributed by atoms with Crippen LogP contribution in [0.15, 0.2) is 53.3 Å². The van der Waals surface area contributed by atoms with Gasteiger partial charge in [0.05, 0.1) is 25.4 Å². The molecule has 10 heteroatoms. The summed E-state index contributed by atoms with van der Waals surface area (Å²) < 4.78 is 42.8. The van der Waals surface area contributed by atoms with Gasteiger partial charge in [-0.15, -0.1) is 0 Å². The van der Waals surface area contributed by atoms with Crippen LogP contribution in [0.1, 0.15) is 48.1 Å². The lowest BCUT2D eigenvalue weighted by molar-refractivity contribution is 0.0519. The Morgan fingerprint density at radius 2 is 2.11 bits per heavy atom. The van der Waals surface area contributed by atoms with E-state index < -0.39 is 21.4 Å². The number of sulfonamides is 1. The van der Waals surface area contributed by atoms with E-state index in [1.807, 2.05) is 30.3 Å². The lowest BCUT2D eigenvalue weighted by Crippen LogP contribution is -2.35. The van der Waals surface area contributed by atoms with Crippen LogP contribution >= 0.6 is 0 Å². The molecule has 0 spiro atoms. The highest BCUT2D eigenvalue weighted by Crippen LogP contribution is 2.44. The molecule has 1 saturated carbocycles. The van der Waals surface area contributed by atoms with Crippen LogP contribution < -0.4 is 9.46 Å². The first-order chi connectivity index (χ1) is 16.7. The molecular weight excluding hydrogens is 470 g/mol. The Balaban J connectivity index is 1.69. The van der Waals surface area contributed by atoms with Gasteiger partial charge in [-0.1, -0.05) is 24.3 Å². The largest absolute Gasteiger partial charge is 0.481 e. The number of methoxy groups -OCH3 is 1. The van der Waals surface area contributed by atoms with Crippen molar-refractivity contribution in [1.29, 1.82) is 0 Å². The number of carbonyl (C=O) groups is 1. The quantitative estimate of drug-likeness (QED) is 0.444. The molecule has 0 bridgehead atoms. The fourth-order valence-electron chi connectivity index (χ4n) is 4.79. The molecule has 1 aromatic carbocycles. The normalized spacial score (nSPS) is 20.0. The van der Waals surface area contributed by atoms with Crippen LogP contribution in [0.3, 0.4) is 0 Å². The Kier molecular flexibility index (Phi) is 7.23. The topological polar surface area (TPSA) is 121 Å². The second-order valence-electron chi connectivity index (χ2n) is 8.81. The summed E-state index contributed by atoms with van der Waals surface area (Å²) in [6.07, 6.45) is 6.45. The molecule has 1 fully saturated rings. The zero-order valence-electron chi connectivity index (χ0n) is 20.0. The van der Waals surface area contributed by atoms with Gasteiger partial charge in [-0.3, -0.25) is 0 Å². The molecule has 0 unspecified atom stereocenters. The van der Waals surface area contributed by atoms with Crippen LogP contribution in [0.2, 0.25) is 0 Å². The number of hydrogen-bond donors (Lipinski definition) is 1. The van der Waals surface area contributed by atoms with E-state index in [2.05, 4.69) is 20.8 Å². The Morgan fingerprint density at radius 3 is 2.86 bits per heavy atom. The van der Waals surface area contributed by atoms with Crippen LogP contribution in [0.5, 0.6) is 5.88 Å². The minimum absolute atomic E-state index is 0.106. The number of hydrogen-bond acceptors (Lipinski definition) is 8. The predicted molar refractivity (Wildman–Crippen MR) is 130 cm³/mol. The molecule has 0 amide bonds. The minimum Gasteiger partial charge on any atom is -0.481 e. The second kappa shape index (κ2) is 10.2. The van der Waals surface area contributed by atoms with Crippen molar-refractivity contribution in [1.82, 2.24) is 14.7 Å². The van der Waals surface area contributed by atoms with E-state index in [1.165, 1.54) is 6.26 Å². The molecule has 2 atom stereocenters. The minimum atomic E-state index is -3.37. The van der Waals surface area contributed by atoms with E-state index in [1.54, 1.807) is 20.2 Å².